The SMILES string of the molecule is Cc1ccc(CNc2ccc(C(F)(F)F)cn2)o1. The van der Waals surface area contributed by atoms with E-state index in [9.17, 15) is 13.2 Å². The van der Waals surface area contributed by atoms with Gasteiger partial charge >= 0.3 is 6.18 Å². The van der Waals surface area contributed by atoms with Crippen LogP contribution in [0.2, 0.25) is 0 Å². The van der Waals surface area contributed by atoms with Crippen molar-refractivity contribution in [2.24, 2.45) is 0 Å². The molecule has 0 radical (unpaired) electrons. The number of aromatic nitrogens is 1. The van der Waals surface area contributed by atoms with E-state index in [1.165, 1.54) is 6.07 Å². The van der Waals surface area contributed by atoms with Gasteiger partial charge in [-0.2, -0.15) is 13.2 Å². The van der Waals surface area contributed by atoms with Crippen molar-refractivity contribution in [2.75, 3.05) is 5.32 Å². The molecule has 0 aliphatic carbocycles. The highest BCUT2D eigenvalue weighted by atomic mass is 19.4. The molecule has 0 aliphatic heterocycles. The van der Waals surface area contributed by atoms with Crippen LogP contribution in [-0.4, -0.2) is 4.98 Å². The van der Waals surface area contributed by atoms with Crippen LogP contribution < -0.4 is 5.32 Å². The number of alkyl halides is 3. The fraction of sp³-hybridized carbons (Fsp3) is 0.250. The second-order valence-electron chi connectivity index (χ2n) is 3.80. The van der Waals surface area contributed by atoms with Gasteiger partial charge in [0.15, 0.2) is 0 Å². The van der Waals surface area contributed by atoms with Gasteiger partial charge in [-0.25, -0.2) is 4.98 Å². The molecule has 0 amide bonds. The first-order valence-electron chi connectivity index (χ1n) is 5.27. The summed E-state index contributed by atoms with van der Waals surface area (Å²) in [6.45, 7) is 2.20. The number of hydrogen-bond acceptors (Lipinski definition) is 3. The Kier molecular flexibility index (Phi) is 3.27. The molecule has 0 saturated heterocycles. The largest absolute Gasteiger partial charge is 0.465 e. The Morgan fingerprint density at radius 2 is 2.00 bits per heavy atom. The fourth-order valence-corrected chi connectivity index (χ4v) is 1.42. The molecule has 2 heterocycles. The zero-order valence-corrected chi connectivity index (χ0v) is 9.58. The summed E-state index contributed by atoms with van der Waals surface area (Å²) < 4.78 is 42.2. The van der Waals surface area contributed by atoms with Gasteiger partial charge in [0.05, 0.1) is 12.1 Å². The van der Waals surface area contributed by atoms with Crippen molar-refractivity contribution < 1.29 is 17.6 Å². The summed E-state index contributed by atoms with van der Waals surface area (Å²) >= 11 is 0. The molecule has 6 heteroatoms. The molecule has 2 aromatic rings. The number of nitrogens with zero attached hydrogens (tertiary/aromatic N) is 1. The van der Waals surface area contributed by atoms with Crippen LogP contribution in [0.5, 0.6) is 0 Å². The van der Waals surface area contributed by atoms with Gasteiger partial charge in [-0.05, 0) is 31.2 Å². The third-order valence-corrected chi connectivity index (χ3v) is 2.33. The van der Waals surface area contributed by atoms with Crippen molar-refractivity contribution in [3.63, 3.8) is 0 Å². The smallest absolute Gasteiger partial charge is 0.417 e. The highest BCUT2D eigenvalue weighted by Gasteiger charge is 2.30. The van der Waals surface area contributed by atoms with Crippen LogP contribution in [-0.2, 0) is 12.7 Å². The molecule has 0 aromatic carbocycles. The summed E-state index contributed by atoms with van der Waals surface area (Å²) in [5, 5.41) is 2.88. The Morgan fingerprint density at radius 3 is 2.50 bits per heavy atom. The maximum atomic E-state index is 12.3. The van der Waals surface area contributed by atoms with E-state index in [4.69, 9.17) is 4.42 Å². The van der Waals surface area contributed by atoms with E-state index in [1.807, 2.05) is 13.0 Å². The third-order valence-electron chi connectivity index (χ3n) is 2.33. The van der Waals surface area contributed by atoms with Crippen molar-refractivity contribution in [2.45, 2.75) is 19.6 Å². The number of halogens is 3. The lowest BCUT2D eigenvalue weighted by Gasteiger charge is -2.07. The molecule has 2 rings (SSSR count). The molecule has 18 heavy (non-hydrogen) atoms. The minimum atomic E-state index is -4.36. The van der Waals surface area contributed by atoms with Crippen LogP contribution in [0.1, 0.15) is 17.1 Å². The van der Waals surface area contributed by atoms with Gasteiger partial charge in [0.2, 0.25) is 0 Å². The van der Waals surface area contributed by atoms with Crippen molar-refractivity contribution in [3.05, 3.63) is 47.5 Å². The third kappa shape index (κ3) is 3.03. The van der Waals surface area contributed by atoms with Crippen molar-refractivity contribution in [3.8, 4) is 0 Å². The number of anilines is 1. The number of hydrogen-bond donors (Lipinski definition) is 1. The van der Waals surface area contributed by atoms with Crippen LogP contribution >= 0.6 is 0 Å². The zero-order valence-electron chi connectivity index (χ0n) is 9.58. The van der Waals surface area contributed by atoms with E-state index in [0.29, 0.717) is 18.1 Å². The number of aryl methyl sites for hydroxylation is 1. The Morgan fingerprint density at radius 1 is 1.22 bits per heavy atom. The molecule has 0 bridgehead atoms. The Labute approximate surface area is 102 Å². The van der Waals surface area contributed by atoms with E-state index < -0.39 is 11.7 Å². The second kappa shape index (κ2) is 4.72. The lowest BCUT2D eigenvalue weighted by atomic mass is 10.3. The summed E-state index contributed by atoms with van der Waals surface area (Å²) in [5.74, 6) is 1.86. The highest BCUT2D eigenvalue weighted by Crippen LogP contribution is 2.28. The minimum absolute atomic E-state index is 0.372. The monoisotopic (exact) mass is 256 g/mol. The molecular weight excluding hydrogens is 245 g/mol. The summed E-state index contributed by atoms with van der Waals surface area (Å²) in [6.07, 6.45) is -3.56. The van der Waals surface area contributed by atoms with Gasteiger partial charge < -0.3 is 9.73 Å². The average molecular weight is 256 g/mol. The topological polar surface area (TPSA) is 38.1 Å². The predicted molar refractivity (Wildman–Crippen MR) is 60.0 cm³/mol. The number of nitrogens with one attached hydrogen (secondary N) is 1. The van der Waals surface area contributed by atoms with E-state index in [0.717, 1.165) is 18.0 Å². The van der Waals surface area contributed by atoms with E-state index in [1.54, 1.807) is 6.07 Å². The lowest BCUT2D eigenvalue weighted by Crippen LogP contribution is -2.06. The molecule has 0 spiro atoms. The Hall–Kier alpha value is -1.98. The molecular formula is C12H11F3N2O. The molecule has 0 atom stereocenters. The lowest BCUT2D eigenvalue weighted by molar-refractivity contribution is -0.137. The first kappa shape index (κ1) is 12.5. The van der Waals surface area contributed by atoms with Crippen molar-refractivity contribution >= 4 is 5.82 Å². The van der Waals surface area contributed by atoms with Gasteiger partial charge in [0.25, 0.3) is 0 Å². The van der Waals surface area contributed by atoms with Crippen LogP contribution in [0, 0.1) is 6.92 Å². The number of pyridine rings is 1. The van der Waals surface area contributed by atoms with Crippen LogP contribution in [0.3, 0.4) is 0 Å². The highest BCUT2D eigenvalue weighted by molar-refractivity contribution is 5.36. The fourth-order valence-electron chi connectivity index (χ4n) is 1.42. The quantitative estimate of drug-likeness (QED) is 0.911. The first-order valence-corrected chi connectivity index (χ1v) is 5.27. The standard InChI is InChI=1S/C12H11F3N2O/c1-8-2-4-10(18-8)7-17-11-5-3-9(6-16-11)12(13,14)15/h2-6H,7H2,1H3,(H,16,17). The van der Waals surface area contributed by atoms with Crippen LogP contribution in [0.15, 0.2) is 34.9 Å². The number of furan rings is 1. The summed E-state index contributed by atoms with van der Waals surface area (Å²) in [5.41, 5.74) is -0.762. The Balaban J connectivity index is 1.98. The van der Waals surface area contributed by atoms with Gasteiger partial charge in [-0.3, -0.25) is 0 Å². The predicted octanol–water partition coefficient (Wildman–Crippen LogP) is 3.61. The van der Waals surface area contributed by atoms with E-state index in [-0.39, 0.29) is 0 Å². The van der Waals surface area contributed by atoms with Crippen molar-refractivity contribution in [1.29, 1.82) is 0 Å². The molecule has 0 fully saturated rings. The summed E-state index contributed by atoms with van der Waals surface area (Å²) in [6, 6.07) is 5.89. The van der Waals surface area contributed by atoms with Gasteiger partial charge in [-0.1, -0.05) is 0 Å². The van der Waals surface area contributed by atoms with E-state index in [2.05, 4.69) is 10.3 Å². The first-order chi connectivity index (χ1) is 8.45. The number of rotatable bonds is 3. The van der Waals surface area contributed by atoms with Gasteiger partial charge in [-0.15, -0.1) is 0 Å². The van der Waals surface area contributed by atoms with E-state index >= 15 is 0 Å². The summed E-state index contributed by atoms with van der Waals surface area (Å²) in [7, 11) is 0. The van der Waals surface area contributed by atoms with Gasteiger partial charge in [0, 0.05) is 6.20 Å². The molecule has 96 valence electrons. The van der Waals surface area contributed by atoms with Gasteiger partial charge in [0.1, 0.15) is 17.3 Å². The van der Waals surface area contributed by atoms with Crippen molar-refractivity contribution in [1.82, 2.24) is 4.98 Å². The maximum Gasteiger partial charge on any atom is 0.417 e. The average Bonchev–Trinajstić information content (AvgIpc) is 2.72. The summed E-state index contributed by atoms with van der Waals surface area (Å²) in [4.78, 5) is 3.69. The molecule has 0 aliphatic rings. The second-order valence-corrected chi connectivity index (χ2v) is 3.80. The van der Waals surface area contributed by atoms with Crippen LogP contribution in [0.25, 0.3) is 0 Å². The normalized spacial score (nSPS) is 11.6. The Bertz CT molecular complexity index is 517. The molecule has 0 unspecified atom stereocenters. The maximum absolute atomic E-state index is 12.3. The molecule has 2 aromatic heterocycles. The molecule has 3 nitrogen and oxygen atoms in total. The van der Waals surface area contributed by atoms with Crippen LogP contribution in [0.4, 0.5) is 19.0 Å². The zero-order chi connectivity index (χ0) is 13.2. The minimum Gasteiger partial charge on any atom is -0.465 e. The molecule has 0 saturated carbocycles. The molecule has 1 N–H and O–H groups in total.